The second kappa shape index (κ2) is 15.4. The van der Waals surface area contributed by atoms with Gasteiger partial charge in [0.2, 0.25) is 11.8 Å². The number of aryl methyl sites for hydroxylation is 2. The molecule has 0 saturated heterocycles. The molecule has 0 bridgehead atoms. The highest BCUT2D eigenvalue weighted by molar-refractivity contribution is 5.92. The third kappa shape index (κ3) is 11.0. The summed E-state index contributed by atoms with van der Waals surface area (Å²) in [6.45, 7) is 10.3. The van der Waals surface area contributed by atoms with Gasteiger partial charge in [-0.1, -0.05) is 59.7 Å². The van der Waals surface area contributed by atoms with E-state index < -0.39 is 48.1 Å². The predicted octanol–water partition coefficient (Wildman–Crippen LogP) is 3.90. The van der Waals surface area contributed by atoms with Crippen molar-refractivity contribution in [2.75, 3.05) is 19.7 Å². The van der Waals surface area contributed by atoms with E-state index in [2.05, 4.69) is 10.6 Å². The van der Waals surface area contributed by atoms with Gasteiger partial charge in [-0.3, -0.25) is 14.4 Å². The van der Waals surface area contributed by atoms with Gasteiger partial charge in [-0.25, -0.2) is 4.79 Å². The van der Waals surface area contributed by atoms with E-state index in [0.29, 0.717) is 5.56 Å². The summed E-state index contributed by atoms with van der Waals surface area (Å²) in [7, 11) is 0. The fourth-order valence-electron chi connectivity index (χ4n) is 4.33. The standard InChI is InChI=1S/C31H40N4O6/c1-7-40-26(36)13-15-33-28(37)27(24-18-21(2)17-22(3)19-24)35(16-14-32)29(38)25(20-23-11-9-8-10-12-23)34-30(39)41-31(4,5)6/h8-12,17-19,25,27H,7,13,15-16,20H2,1-6H3,(H,33,37)(H,34,39). The minimum Gasteiger partial charge on any atom is -0.466 e. The van der Waals surface area contributed by atoms with Crippen LogP contribution >= 0.6 is 0 Å². The first kappa shape index (κ1) is 32.8. The lowest BCUT2D eigenvalue weighted by Gasteiger charge is -2.33. The van der Waals surface area contributed by atoms with E-state index >= 15 is 0 Å². The lowest BCUT2D eigenvalue weighted by atomic mass is 9.97. The Bertz CT molecular complexity index is 1230. The van der Waals surface area contributed by atoms with Crippen LogP contribution in [-0.4, -0.2) is 60.1 Å². The first-order chi connectivity index (χ1) is 19.3. The van der Waals surface area contributed by atoms with Crippen LogP contribution in [0.25, 0.3) is 0 Å². The topological polar surface area (TPSA) is 138 Å². The summed E-state index contributed by atoms with van der Waals surface area (Å²) >= 11 is 0. The van der Waals surface area contributed by atoms with Crippen molar-refractivity contribution in [3.05, 3.63) is 70.8 Å². The molecule has 0 saturated carbocycles. The molecule has 0 spiro atoms. The lowest BCUT2D eigenvalue weighted by molar-refractivity contribution is -0.144. The van der Waals surface area contributed by atoms with Crippen LogP contribution in [0.3, 0.4) is 0 Å². The number of ether oxygens (including phenoxy) is 2. The summed E-state index contributed by atoms with van der Waals surface area (Å²) in [5.41, 5.74) is 2.18. The normalized spacial score (nSPS) is 12.3. The fraction of sp³-hybridized carbons (Fsp3) is 0.452. The van der Waals surface area contributed by atoms with Gasteiger partial charge in [0, 0.05) is 13.0 Å². The maximum atomic E-state index is 14.1. The number of nitrogens with one attached hydrogen (secondary N) is 2. The Kier molecular flexibility index (Phi) is 12.3. The van der Waals surface area contributed by atoms with Crippen LogP contribution in [0.4, 0.5) is 4.79 Å². The molecular formula is C31H40N4O6. The number of hydrogen-bond acceptors (Lipinski definition) is 7. The first-order valence-corrected chi connectivity index (χ1v) is 13.6. The molecule has 2 rings (SSSR count). The number of esters is 1. The number of carbonyl (C=O) groups excluding carboxylic acids is 4. The fourth-order valence-corrected chi connectivity index (χ4v) is 4.33. The highest BCUT2D eigenvalue weighted by Gasteiger charge is 2.36. The van der Waals surface area contributed by atoms with Gasteiger partial charge in [0.15, 0.2) is 0 Å². The van der Waals surface area contributed by atoms with Crippen molar-refractivity contribution < 1.29 is 28.7 Å². The molecule has 41 heavy (non-hydrogen) atoms. The SMILES string of the molecule is CCOC(=O)CCNC(=O)C(c1cc(C)cc(C)c1)N(CC#N)C(=O)C(Cc1ccccc1)NC(=O)OC(C)(C)C. The van der Waals surface area contributed by atoms with E-state index in [9.17, 15) is 24.4 Å². The van der Waals surface area contributed by atoms with Crippen molar-refractivity contribution >= 4 is 23.9 Å². The molecule has 2 atom stereocenters. The molecule has 10 heteroatoms. The average Bonchev–Trinajstić information content (AvgIpc) is 2.87. The average molecular weight is 565 g/mol. The second-order valence-electron chi connectivity index (χ2n) is 10.7. The van der Waals surface area contributed by atoms with Crippen molar-refractivity contribution in [2.24, 2.45) is 0 Å². The van der Waals surface area contributed by atoms with Crippen molar-refractivity contribution in [1.29, 1.82) is 5.26 Å². The number of carbonyl (C=O) groups is 4. The van der Waals surface area contributed by atoms with Gasteiger partial charge in [0.05, 0.1) is 19.1 Å². The van der Waals surface area contributed by atoms with E-state index in [1.165, 1.54) is 0 Å². The molecule has 220 valence electrons. The van der Waals surface area contributed by atoms with E-state index in [1.54, 1.807) is 39.8 Å². The molecule has 2 aromatic carbocycles. The van der Waals surface area contributed by atoms with Gasteiger partial charge in [-0.2, -0.15) is 5.26 Å². The maximum Gasteiger partial charge on any atom is 0.408 e. The van der Waals surface area contributed by atoms with E-state index in [1.807, 2.05) is 56.3 Å². The largest absolute Gasteiger partial charge is 0.466 e. The zero-order valence-corrected chi connectivity index (χ0v) is 24.7. The molecule has 0 aliphatic heterocycles. The van der Waals surface area contributed by atoms with Gasteiger partial charge >= 0.3 is 12.1 Å². The maximum absolute atomic E-state index is 14.1. The van der Waals surface area contributed by atoms with Gasteiger partial charge in [0.25, 0.3) is 0 Å². The Hall–Kier alpha value is -4.39. The van der Waals surface area contributed by atoms with E-state index in [-0.39, 0.29) is 26.0 Å². The summed E-state index contributed by atoms with van der Waals surface area (Å²) in [5, 5.41) is 15.1. The molecule has 0 aliphatic carbocycles. The van der Waals surface area contributed by atoms with Crippen LogP contribution < -0.4 is 10.6 Å². The Labute approximate surface area is 242 Å². The smallest absolute Gasteiger partial charge is 0.408 e. The summed E-state index contributed by atoms with van der Waals surface area (Å²) in [6, 6.07) is 14.2. The monoisotopic (exact) mass is 564 g/mol. The summed E-state index contributed by atoms with van der Waals surface area (Å²) in [4.78, 5) is 53.5. The number of nitriles is 1. The van der Waals surface area contributed by atoms with Gasteiger partial charge in [-0.05, 0) is 52.7 Å². The second-order valence-corrected chi connectivity index (χ2v) is 10.7. The van der Waals surface area contributed by atoms with E-state index in [0.717, 1.165) is 21.6 Å². The first-order valence-electron chi connectivity index (χ1n) is 13.6. The van der Waals surface area contributed by atoms with Crippen LogP contribution in [0.15, 0.2) is 48.5 Å². The molecule has 2 unspecified atom stereocenters. The molecular weight excluding hydrogens is 524 g/mol. The van der Waals surface area contributed by atoms with Gasteiger partial charge in [0.1, 0.15) is 24.2 Å². The number of alkyl carbamates (subject to hydrolysis) is 1. The Morgan fingerprint density at radius 1 is 1.02 bits per heavy atom. The van der Waals surface area contributed by atoms with Crippen LogP contribution in [-0.2, 0) is 30.3 Å². The number of nitrogens with zero attached hydrogens (tertiary/aromatic N) is 2. The van der Waals surface area contributed by atoms with Crippen molar-refractivity contribution in [3.63, 3.8) is 0 Å². The summed E-state index contributed by atoms with van der Waals surface area (Å²) in [6.07, 6.45) is -0.752. The zero-order chi connectivity index (χ0) is 30.6. The third-order valence-corrected chi connectivity index (χ3v) is 5.85. The molecule has 0 aromatic heterocycles. The summed E-state index contributed by atoms with van der Waals surface area (Å²) in [5.74, 6) is -1.67. The quantitative estimate of drug-likeness (QED) is 0.295. The number of rotatable bonds is 12. The minimum atomic E-state index is -1.21. The third-order valence-electron chi connectivity index (χ3n) is 5.85. The van der Waals surface area contributed by atoms with Crippen molar-refractivity contribution in [3.8, 4) is 6.07 Å². The molecule has 0 aliphatic rings. The van der Waals surface area contributed by atoms with Crippen LogP contribution in [0.2, 0.25) is 0 Å². The molecule has 10 nitrogen and oxygen atoms in total. The Balaban J connectivity index is 2.50. The minimum absolute atomic E-state index is 0.0167. The number of benzene rings is 2. The molecule has 0 fully saturated rings. The highest BCUT2D eigenvalue weighted by atomic mass is 16.6. The number of hydrogen-bond donors (Lipinski definition) is 2. The van der Waals surface area contributed by atoms with Gasteiger partial charge in [-0.15, -0.1) is 0 Å². The van der Waals surface area contributed by atoms with Gasteiger partial charge < -0.3 is 25.0 Å². The molecule has 3 amide bonds. The Morgan fingerprint density at radius 2 is 1.66 bits per heavy atom. The van der Waals surface area contributed by atoms with Crippen LogP contribution in [0.5, 0.6) is 0 Å². The predicted molar refractivity (Wildman–Crippen MR) is 154 cm³/mol. The van der Waals surface area contributed by atoms with Crippen molar-refractivity contribution in [1.82, 2.24) is 15.5 Å². The van der Waals surface area contributed by atoms with Crippen LogP contribution in [0, 0.1) is 25.2 Å². The Morgan fingerprint density at radius 3 is 2.22 bits per heavy atom. The molecule has 2 N–H and O–H groups in total. The highest BCUT2D eigenvalue weighted by Crippen LogP contribution is 2.25. The lowest BCUT2D eigenvalue weighted by Crippen LogP contribution is -2.54. The number of amides is 3. The van der Waals surface area contributed by atoms with E-state index in [4.69, 9.17) is 9.47 Å². The molecule has 0 radical (unpaired) electrons. The summed E-state index contributed by atoms with van der Waals surface area (Å²) < 4.78 is 10.3. The van der Waals surface area contributed by atoms with Crippen LogP contribution in [0.1, 0.15) is 62.4 Å². The van der Waals surface area contributed by atoms with Crippen molar-refractivity contribution in [2.45, 2.75) is 72.1 Å². The molecule has 2 aromatic rings. The zero-order valence-electron chi connectivity index (χ0n) is 24.7. The molecule has 0 heterocycles.